The fourth-order valence-corrected chi connectivity index (χ4v) is 2.13. The Balaban J connectivity index is 5.47. The van der Waals surface area contributed by atoms with Crippen LogP contribution in [-0.2, 0) is 14.3 Å². The Morgan fingerprint density at radius 3 is 1.73 bits per heavy atom. The van der Waals surface area contributed by atoms with Crippen molar-refractivity contribution in [3.05, 3.63) is 0 Å². The molecule has 1 amide bonds. The van der Waals surface area contributed by atoms with Crippen LogP contribution in [0.25, 0.3) is 0 Å². The molecule has 0 radical (unpaired) electrons. The summed E-state index contributed by atoms with van der Waals surface area (Å²) < 4.78 is 4.76. The number of carbonyl (C=O) groups is 2. The van der Waals surface area contributed by atoms with E-state index in [1.807, 2.05) is 27.7 Å². The molecular weight excluding hydrogens is 194 g/mol. The van der Waals surface area contributed by atoms with Gasteiger partial charge in [-0.15, -0.1) is 0 Å². The van der Waals surface area contributed by atoms with Crippen LogP contribution in [-0.4, -0.2) is 26.0 Å². The van der Waals surface area contributed by atoms with Crippen LogP contribution in [0.1, 0.15) is 27.7 Å². The number of amides is 1. The maximum absolute atomic E-state index is 11.9. The number of methoxy groups -OCH3 is 1. The molecule has 0 bridgehead atoms. The van der Waals surface area contributed by atoms with Crippen LogP contribution in [0, 0.1) is 17.3 Å². The van der Waals surface area contributed by atoms with Crippen LogP contribution in [0.5, 0.6) is 0 Å². The fourth-order valence-electron chi connectivity index (χ4n) is 2.13. The number of hydrogen-bond acceptors (Lipinski definition) is 3. The van der Waals surface area contributed by atoms with Gasteiger partial charge in [0, 0.05) is 7.05 Å². The molecule has 0 unspecified atom stereocenters. The first-order valence-corrected chi connectivity index (χ1v) is 5.16. The number of hydrogen-bond donors (Lipinski definition) is 1. The van der Waals surface area contributed by atoms with Crippen LogP contribution in [0.15, 0.2) is 0 Å². The van der Waals surface area contributed by atoms with E-state index in [4.69, 9.17) is 4.74 Å². The van der Waals surface area contributed by atoms with Gasteiger partial charge in [-0.1, -0.05) is 27.7 Å². The van der Waals surface area contributed by atoms with Crippen molar-refractivity contribution in [2.75, 3.05) is 14.2 Å². The highest BCUT2D eigenvalue weighted by molar-refractivity contribution is 6.03. The van der Waals surface area contributed by atoms with Crippen molar-refractivity contribution in [3.63, 3.8) is 0 Å². The fraction of sp³-hybridized carbons (Fsp3) is 0.818. The first kappa shape index (κ1) is 13.9. The number of esters is 1. The second kappa shape index (κ2) is 5.14. The Bertz CT molecular complexity index is 220. The Morgan fingerprint density at radius 2 is 1.53 bits per heavy atom. The lowest BCUT2D eigenvalue weighted by molar-refractivity contribution is -0.166. The van der Waals surface area contributed by atoms with Gasteiger partial charge in [0.05, 0.1) is 7.11 Å². The minimum Gasteiger partial charge on any atom is -0.468 e. The predicted molar refractivity (Wildman–Crippen MR) is 58.2 cm³/mol. The molecule has 0 aromatic rings. The molecular formula is C11H21NO3. The molecule has 4 heteroatoms. The van der Waals surface area contributed by atoms with Gasteiger partial charge >= 0.3 is 5.97 Å². The van der Waals surface area contributed by atoms with E-state index in [9.17, 15) is 9.59 Å². The van der Waals surface area contributed by atoms with E-state index in [1.165, 1.54) is 14.2 Å². The summed E-state index contributed by atoms with van der Waals surface area (Å²) in [6, 6.07) is 0. The molecule has 0 rings (SSSR count). The van der Waals surface area contributed by atoms with Crippen molar-refractivity contribution >= 4 is 11.9 Å². The van der Waals surface area contributed by atoms with Crippen LogP contribution < -0.4 is 5.32 Å². The van der Waals surface area contributed by atoms with Crippen LogP contribution in [0.2, 0.25) is 0 Å². The van der Waals surface area contributed by atoms with E-state index in [2.05, 4.69) is 5.32 Å². The summed E-state index contributed by atoms with van der Waals surface area (Å²) >= 11 is 0. The van der Waals surface area contributed by atoms with Crippen molar-refractivity contribution in [1.82, 2.24) is 5.32 Å². The standard InChI is InChI=1S/C11H21NO3/c1-7(2)11(8(3)4,9(13)12-5)10(14)15-6/h7-8H,1-6H3,(H,12,13). The largest absolute Gasteiger partial charge is 0.468 e. The van der Waals surface area contributed by atoms with Gasteiger partial charge in [0.25, 0.3) is 0 Å². The number of ether oxygens (including phenoxy) is 1. The monoisotopic (exact) mass is 215 g/mol. The SMILES string of the molecule is CNC(=O)C(C(=O)OC)(C(C)C)C(C)C. The van der Waals surface area contributed by atoms with Crippen LogP contribution >= 0.6 is 0 Å². The van der Waals surface area contributed by atoms with Crippen molar-refractivity contribution in [2.24, 2.45) is 17.3 Å². The highest BCUT2D eigenvalue weighted by atomic mass is 16.5. The van der Waals surface area contributed by atoms with E-state index < -0.39 is 11.4 Å². The average molecular weight is 215 g/mol. The van der Waals surface area contributed by atoms with Gasteiger partial charge < -0.3 is 10.1 Å². The van der Waals surface area contributed by atoms with E-state index in [0.717, 1.165) is 0 Å². The van der Waals surface area contributed by atoms with E-state index in [0.29, 0.717) is 0 Å². The molecule has 0 aliphatic rings. The third-order valence-corrected chi connectivity index (χ3v) is 2.95. The second-order valence-electron chi connectivity index (χ2n) is 4.25. The topological polar surface area (TPSA) is 55.4 Å². The van der Waals surface area contributed by atoms with Crippen molar-refractivity contribution < 1.29 is 14.3 Å². The summed E-state index contributed by atoms with van der Waals surface area (Å²) in [5, 5.41) is 2.54. The summed E-state index contributed by atoms with van der Waals surface area (Å²) in [5.41, 5.74) is -1.09. The molecule has 0 atom stereocenters. The van der Waals surface area contributed by atoms with Gasteiger partial charge in [-0.05, 0) is 11.8 Å². The van der Waals surface area contributed by atoms with Gasteiger partial charge in [0.2, 0.25) is 5.91 Å². The van der Waals surface area contributed by atoms with Gasteiger partial charge in [0.15, 0.2) is 5.41 Å². The third-order valence-electron chi connectivity index (χ3n) is 2.95. The number of nitrogens with one attached hydrogen (secondary N) is 1. The first-order chi connectivity index (χ1) is 6.85. The van der Waals surface area contributed by atoms with E-state index in [1.54, 1.807) is 0 Å². The molecule has 0 fully saturated rings. The molecule has 0 spiro atoms. The smallest absolute Gasteiger partial charge is 0.321 e. The summed E-state index contributed by atoms with van der Waals surface area (Å²) in [6.45, 7) is 7.41. The first-order valence-electron chi connectivity index (χ1n) is 5.16. The highest BCUT2D eigenvalue weighted by Gasteiger charge is 2.51. The lowest BCUT2D eigenvalue weighted by Crippen LogP contribution is -2.53. The zero-order valence-corrected chi connectivity index (χ0v) is 10.4. The maximum Gasteiger partial charge on any atom is 0.321 e. The summed E-state index contributed by atoms with van der Waals surface area (Å²) in [4.78, 5) is 23.7. The third kappa shape index (κ3) is 2.13. The quantitative estimate of drug-likeness (QED) is 0.566. The van der Waals surface area contributed by atoms with Crippen molar-refractivity contribution in [1.29, 1.82) is 0 Å². The maximum atomic E-state index is 11.9. The molecule has 0 saturated heterocycles. The number of rotatable bonds is 4. The van der Waals surface area contributed by atoms with E-state index >= 15 is 0 Å². The van der Waals surface area contributed by atoms with E-state index in [-0.39, 0.29) is 17.7 Å². The molecule has 0 aliphatic carbocycles. The molecule has 0 aliphatic heterocycles. The molecule has 0 saturated carbocycles. The average Bonchev–Trinajstić information content (AvgIpc) is 2.16. The van der Waals surface area contributed by atoms with Gasteiger partial charge in [-0.2, -0.15) is 0 Å². The Morgan fingerprint density at radius 1 is 1.13 bits per heavy atom. The normalized spacial score (nSPS) is 11.7. The minimum atomic E-state index is -1.09. The number of carbonyl (C=O) groups excluding carboxylic acids is 2. The summed E-state index contributed by atoms with van der Waals surface area (Å²) in [7, 11) is 2.84. The second-order valence-corrected chi connectivity index (χ2v) is 4.25. The van der Waals surface area contributed by atoms with Gasteiger partial charge in [0.1, 0.15) is 0 Å². The summed E-state index contributed by atoms with van der Waals surface area (Å²) in [5.74, 6) is -0.957. The van der Waals surface area contributed by atoms with Crippen molar-refractivity contribution in [2.45, 2.75) is 27.7 Å². The molecule has 0 aromatic heterocycles. The molecule has 4 nitrogen and oxygen atoms in total. The van der Waals surface area contributed by atoms with Gasteiger partial charge in [-0.25, -0.2) is 0 Å². The molecule has 15 heavy (non-hydrogen) atoms. The molecule has 1 N–H and O–H groups in total. The molecule has 0 aromatic carbocycles. The lowest BCUT2D eigenvalue weighted by Gasteiger charge is -2.36. The summed E-state index contributed by atoms with van der Waals surface area (Å²) in [6.07, 6.45) is 0. The van der Waals surface area contributed by atoms with Crippen LogP contribution in [0.4, 0.5) is 0 Å². The Hall–Kier alpha value is -1.06. The Labute approximate surface area is 91.4 Å². The van der Waals surface area contributed by atoms with Crippen LogP contribution in [0.3, 0.4) is 0 Å². The molecule has 0 heterocycles. The Kier molecular flexibility index (Phi) is 4.78. The lowest BCUT2D eigenvalue weighted by atomic mass is 9.68. The van der Waals surface area contributed by atoms with Crippen molar-refractivity contribution in [3.8, 4) is 0 Å². The zero-order valence-electron chi connectivity index (χ0n) is 10.4. The zero-order chi connectivity index (χ0) is 12.2. The highest BCUT2D eigenvalue weighted by Crippen LogP contribution is 2.37. The molecule has 88 valence electrons. The minimum absolute atomic E-state index is 0.107. The predicted octanol–water partition coefficient (Wildman–Crippen LogP) is 1.20. The van der Waals surface area contributed by atoms with Gasteiger partial charge in [-0.3, -0.25) is 9.59 Å².